The van der Waals surface area contributed by atoms with Crippen molar-refractivity contribution in [3.8, 4) is 0 Å². The van der Waals surface area contributed by atoms with E-state index in [9.17, 15) is 14.4 Å². The second-order valence-corrected chi connectivity index (χ2v) is 8.14. The third-order valence-corrected chi connectivity index (χ3v) is 6.13. The fourth-order valence-electron chi connectivity index (χ4n) is 3.82. The highest BCUT2D eigenvalue weighted by atomic mass is 32.2. The second kappa shape index (κ2) is 6.90. The molecular weight excluding hydrogens is 384 g/mol. The van der Waals surface area contributed by atoms with E-state index in [0.29, 0.717) is 12.0 Å². The number of thioether (sulfide) groups is 1. The fraction of sp³-hybridized carbons (Fsp3) is 0.0870. The zero-order valence-electron chi connectivity index (χ0n) is 15.3. The van der Waals surface area contributed by atoms with E-state index in [2.05, 4.69) is 5.32 Å². The van der Waals surface area contributed by atoms with Gasteiger partial charge in [0.2, 0.25) is 5.91 Å². The first-order valence-electron chi connectivity index (χ1n) is 9.25. The number of benzene rings is 3. The minimum absolute atomic E-state index is 0.0825. The molecule has 1 fully saturated rings. The normalized spacial score (nSPS) is 16.5. The van der Waals surface area contributed by atoms with Gasteiger partial charge >= 0.3 is 0 Å². The number of rotatable bonds is 3. The summed E-state index contributed by atoms with van der Waals surface area (Å²) in [6, 6.07) is 22.9. The highest BCUT2D eigenvalue weighted by Gasteiger charge is 2.31. The lowest BCUT2D eigenvalue weighted by Gasteiger charge is -2.08. The summed E-state index contributed by atoms with van der Waals surface area (Å²) >= 11 is 1.03. The smallest absolute Gasteiger partial charge is 0.286 e. The minimum atomic E-state index is -0.417. The predicted molar refractivity (Wildman–Crippen MR) is 114 cm³/mol. The van der Waals surface area contributed by atoms with E-state index in [1.807, 2.05) is 72.8 Å². The Morgan fingerprint density at radius 2 is 1.62 bits per heavy atom. The van der Waals surface area contributed by atoms with Crippen LogP contribution in [0, 0.1) is 0 Å². The summed E-state index contributed by atoms with van der Waals surface area (Å²) in [6.45, 7) is 0. The van der Waals surface area contributed by atoms with Crippen molar-refractivity contribution in [1.82, 2.24) is 9.88 Å². The summed E-state index contributed by atoms with van der Waals surface area (Å²) in [5.74, 6) is -0.331. The van der Waals surface area contributed by atoms with Gasteiger partial charge in [-0.25, -0.2) is 0 Å². The molecule has 1 unspecified atom stereocenters. The SMILES string of the molecule is O=C1NC(=O)C(Cc2ccc3c(c2)c2ccccc2n3C(=O)c2ccccc2)S1. The lowest BCUT2D eigenvalue weighted by atomic mass is 10.1. The van der Waals surface area contributed by atoms with E-state index in [0.717, 1.165) is 39.1 Å². The van der Waals surface area contributed by atoms with Gasteiger partial charge in [-0.15, -0.1) is 0 Å². The fourth-order valence-corrected chi connectivity index (χ4v) is 4.68. The Morgan fingerprint density at radius 3 is 2.38 bits per heavy atom. The molecule has 1 N–H and O–H groups in total. The number of para-hydroxylation sites is 1. The van der Waals surface area contributed by atoms with E-state index >= 15 is 0 Å². The first-order chi connectivity index (χ1) is 14.1. The molecule has 1 aromatic heterocycles. The van der Waals surface area contributed by atoms with Gasteiger partial charge in [0.15, 0.2) is 0 Å². The van der Waals surface area contributed by atoms with E-state index < -0.39 is 5.25 Å². The van der Waals surface area contributed by atoms with E-state index in [4.69, 9.17) is 0 Å². The van der Waals surface area contributed by atoms with Crippen LogP contribution in [0.2, 0.25) is 0 Å². The maximum Gasteiger partial charge on any atom is 0.286 e. The van der Waals surface area contributed by atoms with E-state index in [-0.39, 0.29) is 17.1 Å². The van der Waals surface area contributed by atoms with Crippen LogP contribution in [-0.2, 0) is 11.2 Å². The number of fused-ring (bicyclic) bond motifs is 3. The average molecular weight is 400 g/mol. The molecule has 4 aromatic rings. The van der Waals surface area contributed by atoms with Crippen molar-refractivity contribution in [2.75, 3.05) is 0 Å². The van der Waals surface area contributed by atoms with Gasteiger partial charge in [-0.1, -0.05) is 54.2 Å². The average Bonchev–Trinajstić information content (AvgIpc) is 3.24. The summed E-state index contributed by atoms with van der Waals surface area (Å²) in [6.07, 6.45) is 0.463. The number of aromatic nitrogens is 1. The van der Waals surface area contributed by atoms with Gasteiger partial charge in [0.05, 0.1) is 16.3 Å². The van der Waals surface area contributed by atoms with Crippen molar-refractivity contribution in [2.45, 2.75) is 11.7 Å². The quantitative estimate of drug-likeness (QED) is 0.554. The zero-order valence-corrected chi connectivity index (χ0v) is 16.1. The third kappa shape index (κ3) is 3.02. The Balaban J connectivity index is 1.64. The molecule has 1 aliphatic heterocycles. The summed E-state index contributed by atoms with van der Waals surface area (Å²) < 4.78 is 1.74. The highest BCUT2D eigenvalue weighted by molar-refractivity contribution is 8.15. The molecule has 2 amide bonds. The van der Waals surface area contributed by atoms with Gasteiger partial charge in [-0.2, -0.15) is 0 Å². The number of hydrogen-bond donors (Lipinski definition) is 1. The standard InChI is InChI=1S/C23H16N2O3S/c26-21-20(29-23(28)24-21)13-14-10-11-19-17(12-14)16-8-4-5-9-18(16)25(19)22(27)15-6-2-1-3-7-15/h1-12,20H,13H2,(H,24,26,28). The van der Waals surface area contributed by atoms with Crippen molar-refractivity contribution in [3.63, 3.8) is 0 Å². The summed E-state index contributed by atoms with van der Waals surface area (Å²) in [4.78, 5) is 36.6. The highest BCUT2D eigenvalue weighted by Crippen LogP contribution is 2.32. The van der Waals surface area contributed by atoms with Crippen LogP contribution in [-0.4, -0.2) is 26.9 Å². The second-order valence-electron chi connectivity index (χ2n) is 6.96. The first-order valence-corrected chi connectivity index (χ1v) is 10.1. The number of nitrogens with zero attached hydrogens (tertiary/aromatic N) is 1. The molecule has 142 valence electrons. The van der Waals surface area contributed by atoms with Crippen LogP contribution in [0.25, 0.3) is 21.8 Å². The molecule has 0 spiro atoms. The summed E-state index contributed by atoms with van der Waals surface area (Å²) in [7, 11) is 0. The summed E-state index contributed by atoms with van der Waals surface area (Å²) in [5, 5.41) is 3.55. The molecule has 0 aliphatic carbocycles. The van der Waals surface area contributed by atoms with Gasteiger partial charge in [0.1, 0.15) is 0 Å². The molecular formula is C23H16N2O3S. The monoisotopic (exact) mass is 400 g/mol. The first kappa shape index (κ1) is 17.7. The van der Waals surface area contributed by atoms with Gasteiger partial charge in [-0.3, -0.25) is 24.3 Å². The van der Waals surface area contributed by atoms with Gasteiger partial charge in [0, 0.05) is 16.3 Å². The lowest BCUT2D eigenvalue weighted by molar-refractivity contribution is -0.118. The van der Waals surface area contributed by atoms with Crippen LogP contribution in [0.3, 0.4) is 0 Å². The van der Waals surface area contributed by atoms with E-state index in [1.165, 1.54) is 0 Å². The number of imide groups is 1. The molecule has 6 heteroatoms. The number of carbonyl (C=O) groups excluding carboxylic acids is 3. The Hall–Kier alpha value is -3.38. The maximum atomic E-state index is 13.2. The van der Waals surface area contributed by atoms with Crippen molar-refractivity contribution >= 4 is 50.6 Å². The number of carbonyl (C=O) groups is 3. The Labute approximate surface area is 170 Å². The largest absolute Gasteiger partial charge is 0.286 e. The molecule has 3 aromatic carbocycles. The molecule has 0 saturated carbocycles. The van der Waals surface area contributed by atoms with Crippen molar-refractivity contribution in [2.24, 2.45) is 0 Å². The zero-order chi connectivity index (χ0) is 20.0. The molecule has 5 nitrogen and oxygen atoms in total. The predicted octanol–water partition coefficient (Wildman–Crippen LogP) is 4.38. The Bertz CT molecular complexity index is 1290. The van der Waals surface area contributed by atoms with Gasteiger partial charge in [0.25, 0.3) is 11.1 Å². The van der Waals surface area contributed by atoms with Gasteiger partial charge < -0.3 is 0 Å². The molecule has 1 aliphatic rings. The van der Waals surface area contributed by atoms with Crippen LogP contribution in [0.1, 0.15) is 15.9 Å². The molecule has 1 atom stereocenters. The summed E-state index contributed by atoms with van der Waals surface area (Å²) in [5.41, 5.74) is 3.24. The lowest BCUT2D eigenvalue weighted by Crippen LogP contribution is -2.25. The molecule has 1 saturated heterocycles. The van der Waals surface area contributed by atoms with Crippen molar-refractivity contribution in [3.05, 3.63) is 83.9 Å². The minimum Gasteiger partial charge on any atom is -0.286 e. The molecule has 29 heavy (non-hydrogen) atoms. The van der Waals surface area contributed by atoms with Crippen molar-refractivity contribution < 1.29 is 14.4 Å². The van der Waals surface area contributed by atoms with Crippen LogP contribution in [0.5, 0.6) is 0 Å². The third-order valence-electron chi connectivity index (χ3n) is 5.15. The number of nitrogens with one attached hydrogen (secondary N) is 1. The number of hydrogen-bond acceptors (Lipinski definition) is 4. The van der Waals surface area contributed by atoms with Crippen LogP contribution in [0.4, 0.5) is 4.79 Å². The Morgan fingerprint density at radius 1 is 0.897 bits per heavy atom. The van der Waals surface area contributed by atoms with E-state index in [1.54, 1.807) is 4.57 Å². The van der Waals surface area contributed by atoms with Crippen LogP contribution >= 0.6 is 11.8 Å². The molecule has 5 rings (SSSR count). The molecule has 0 radical (unpaired) electrons. The topological polar surface area (TPSA) is 68.2 Å². The van der Waals surface area contributed by atoms with Crippen LogP contribution < -0.4 is 5.32 Å². The maximum absolute atomic E-state index is 13.2. The number of amides is 2. The van der Waals surface area contributed by atoms with Crippen LogP contribution in [0.15, 0.2) is 72.8 Å². The molecule has 2 heterocycles. The molecule has 0 bridgehead atoms. The van der Waals surface area contributed by atoms with Crippen molar-refractivity contribution in [1.29, 1.82) is 0 Å². The van der Waals surface area contributed by atoms with Gasteiger partial charge in [-0.05, 0) is 42.3 Å². The Kier molecular flexibility index (Phi) is 4.21.